The number of carbonyl (C=O) groups is 3. The van der Waals surface area contributed by atoms with Gasteiger partial charge < -0.3 is 30.4 Å². The van der Waals surface area contributed by atoms with Crippen LogP contribution in [0.1, 0.15) is 46.7 Å². The number of nitrogens with one attached hydrogen (secondary N) is 1. The number of hydrogen-bond acceptors (Lipinski definition) is 11. The maximum absolute atomic E-state index is 12.3. The summed E-state index contributed by atoms with van der Waals surface area (Å²) in [4.78, 5) is 40.8. The monoisotopic (exact) mass is 516 g/mol. The number of nitrogens with two attached hydrogens (primary N) is 1. The highest BCUT2D eigenvalue weighted by molar-refractivity contribution is 5.94. The Morgan fingerprint density at radius 1 is 1.32 bits per heavy atom. The summed E-state index contributed by atoms with van der Waals surface area (Å²) in [6.45, 7) is 8.11. The third kappa shape index (κ3) is 5.41. The molecule has 3 heterocycles. The molecule has 1 amide bonds. The van der Waals surface area contributed by atoms with Crippen molar-refractivity contribution in [1.29, 1.82) is 5.26 Å². The smallest absolute Gasteiger partial charge is 0.323 e. The van der Waals surface area contributed by atoms with Crippen molar-refractivity contribution in [3.05, 3.63) is 24.2 Å². The molecule has 0 aliphatic carbocycles. The maximum Gasteiger partial charge on any atom is 0.323 e. The van der Waals surface area contributed by atoms with Gasteiger partial charge >= 0.3 is 11.9 Å². The summed E-state index contributed by atoms with van der Waals surface area (Å²) in [7, 11) is 0. The number of aliphatic hydroxyl groups is 1. The number of anilines is 1. The molecule has 37 heavy (non-hydrogen) atoms. The molecule has 2 aromatic rings. The number of fused-ring (bicyclic) bond motifs is 1. The Bertz CT molecular complexity index is 1210. The second-order valence-electron chi connectivity index (χ2n) is 9.42. The van der Waals surface area contributed by atoms with Gasteiger partial charge in [0.05, 0.1) is 5.69 Å². The van der Waals surface area contributed by atoms with Crippen molar-refractivity contribution in [3.63, 3.8) is 0 Å². The standard InChI is InChI=1S/C24H32N6O7/c1-6-17(31)36-19-15(9-35-23(34)18(26)12(2)3)37-24(10-25,20(19)32)16-8-7-14-21(27-11-28-30(14)16)29-22(33)13(4)5/h7-8,11-13,15,18-20,32H,6,9,26H2,1-5H3,(H,27,28,29,33)/t15-,18?,19-,20-,24+/m1/s1. The van der Waals surface area contributed by atoms with Gasteiger partial charge in [-0.2, -0.15) is 10.4 Å². The van der Waals surface area contributed by atoms with E-state index in [1.165, 1.54) is 16.9 Å². The molecular formula is C24H32N6O7. The Morgan fingerprint density at radius 3 is 2.62 bits per heavy atom. The number of rotatable bonds is 9. The average Bonchev–Trinajstić information content (AvgIpc) is 3.42. The van der Waals surface area contributed by atoms with Crippen molar-refractivity contribution in [2.45, 2.75) is 71.0 Å². The molecule has 0 spiro atoms. The second kappa shape index (κ2) is 11.2. The molecule has 1 aliphatic rings. The summed E-state index contributed by atoms with van der Waals surface area (Å²) < 4.78 is 18.0. The Balaban J connectivity index is 2.00. The van der Waals surface area contributed by atoms with Crippen LogP contribution in [0.5, 0.6) is 0 Å². The van der Waals surface area contributed by atoms with E-state index in [2.05, 4.69) is 15.4 Å². The Hall–Kier alpha value is -3.60. The minimum absolute atomic E-state index is 0.00764. The minimum Gasteiger partial charge on any atom is -0.462 e. The molecular weight excluding hydrogens is 484 g/mol. The number of amides is 1. The third-order valence-electron chi connectivity index (χ3n) is 6.13. The summed E-state index contributed by atoms with van der Waals surface area (Å²) in [6, 6.07) is 4.14. The maximum atomic E-state index is 12.3. The quantitative estimate of drug-likeness (QED) is 0.396. The number of nitrogens with zero attached hydrogens (tertiary/aromatic N) is 4. The molecule has 1 unspecified atom stereocenters. The van der Waals surface area contributed by atoms with E-state index in [1.807, 2.05) is 6.07 Å². The number of carbonyl (C=O) groups excluding carboxylic acids is 3. The molecule has 4 N–H and O–H groups in total. The molecule has 3 rings (SSSR count). The first kappa shape index (κ1) is 28.0. The van der Waals surface area contributed by atoms with Crippen molar-refractivity contribution in [3.8, 4) is 6.07 Å². The van der Waals surface area contributed by atoms with E-state index in [0.29, 0.717) is 5.52 Å². The van der Waals surface area contributed by atoms with E-state index >= 15 is 0 Å². The highest BCUT2D eigenvalue weighted by Gasteiger charge is 2.60. The Labute approximate surface area is 213 Å². The molecule has 200 valence electrons. The molecule has 0 bridgehead atoms. The summed E-state index contributed by atoms with van der Waals surface area (Å²) in [5, 5.41) is 28.4. The molecule has 0 radical (unpaired) electrons. The third-order valence-corrected chi connectivity index (χ3v) is 6.13. The first-order valence-electron chi connectivity index (χ1n) is 12.0. The van der Waals surface area contributed by atoms with Crippen LogP contribution in [0.4, 0.5) is 5.82 Å². The summed E-state index contributed by atoms with van der Waals surface area (Å²) >= 11 is 0. The van der Waals surface area contributed by atoms with Crippen molar-refractivity contribution < 1.29 is 33.7 Å². The molecule has 0 aromatic carbocycles. The number of aromatic nitrogens is 3. The minimum atomic E-state index is -2.06. The van der Waals surface area contributed by atoms with Gasteiger partial charge in [0, 0.05) is 12.3 Å². The molecule has 13 nitrogen and oxygen atoms in total. The van der Waals surface area contributed by atoms with Crippen LogP contribution < -0.4 is 11.1 Å². The summed E-state index contributed by atoms with van der Waals surface area (Å²) in [6.07, 6.45) is -2.99. The zero-order chi connectivity index (χ0) is 27.5. The molecule has 0 saturated carbocycles. The van der Waals surface area contributed by atoms with Gasteiger partial charge in [-0.3, -0.25) is 14.4 Å². The number of esters is 2. The van der Waals surface area contributed by atoms with Gasteiger partial charge in [0.25, 0.3) is 0 Å². The van der Waals surface area contributed by atoms with Gasteiger partial charge in [0.15, 0.2) is 11.9 Å². The van der Waals surface area contributed by atoms with Crippen LogP contribution in [0.25, 0.3) is 5.52 Å². The largest absolute Gasteiger partial charge is 0.462 e. The Morgan fingerprint density at radius 2 is 2.03 bits per heavy atom. The number of hydrogen-bond donors (Lipinski definition) is 3. The predicted octanol–water partition coefficient (Wildman–Crippen LogP) is 0.651. The SMILES string of the molecule is CCC(=O)O[C@H]1[C@@H](O)[C@](C#N)(c2ccc3c(NC(=O)C(C)C)ncnn23)O[C@@H]1COC(=O)C(N)C(C)C. The fourth-order valence-corrected chi connectivity index (χ4v) is 3.78. The lowest BCUT2D eigenvalue weighted by Gasteiger charge is -2.24. The van der Waals surface area contributed by atoms with Crippen LogP contribution in [0, 0.1) is 23.2 Å². The molecule has 1 saturated heterocycles. The lowest BCUT2D eigenvalue weighted by atomic mass is 9.92. The number of ether oxygens (including phenoxy) is 3. The van der Waals surface area contributed by atoms with Crippen LogP contribution in [0.15, 0.2) is 18.5 Å². The summed E-state index contributed by atoms with van der Waals surface area (Å²) in [5.41, 5.74) is 4.23. The Kier molecular flexibility index (Phi) is 8.47. The van der Waals surface area contributed by atoms with E-state index in [9.17, 15) is 24.8 Å². The van der Waals surface area contributed by atoms with Gasteiger partial charge in [0.1, 0.15) is 42.8 Å². The zero-order valence-electron chi connectivity index (χ0n) is 21.4. The van der Waals surface area contributed by atoms with E-state index in [4.69, 9.17) is 19.9 Å². The van der Waals surface area contributed by atoms with E-state index < -0.39 is 48.5 Å². The molecule has 1 fully saturated rings. The van der Waals surface area contributed by atoms with Crippen LogP contribution in [0.3, 0.4) is 0 Å². The van der Waals surface area contributed by atoms with Gasteiger partial charge in [-0.15, -0.1) is 0 Å². The first-order chi connectivity index (χ1) is 17.5. The van der Waals surface area contributed by atoms with E-state index in [1.54, 1.807) is 40.7 Å². The van der Waals surface area contributed by atoms with Crippen molar-refractivity contribution >= 4 is 29.2 Å². The molecule has 2 aromatic heterocycles. The van der Waals surface area contributed by atoms with Crippen LogP contribution >= 0.6 is 0 Å². The summed E-state index contributed by atoms with van der Waals surface area (Å²) in [5.74, 6) is -1.92. The van der Waals surface area contributed by atoms with E-state index in [-0.39, 0.29) is 35.7 Å². The topological polar surface area (TPSA) is 191 Å². The highest BCUT2D eigenvalue weighted by atomic mass is 16.6. The first-order valence-corrected chi connectivity index (χ1v) is 12.0. The fourth-order valence-electron chi connectivity index (χ4n) is 3.78. The second-order valence-corrected chi connectivity index (χ2v) is 9.42. The van der Waals surface area contributed by atoms with Gasteiger partial charge in [-0.25, -0.2) is 9.50 Å². The van der Waals surface area contributed by atoms with Crippen molar-refractivity contribution in [2.24, 2.45) is 17.6 Å². The lowest BCUT2D eigenvalue weighted by molar-refractivity contribution is -0.161. The van der Waals surface area contributed by atoms with Crippen LogP contribution in [0.2, 0.25) is 0 Å². The number of aliphatic hydroxyl groups excluding tert-OH is 1. The van der Waals surface area contributed by atoms with E-state index in [0.717, 1.165) is 0 Å². The van der Waals surface area contributed by atoms with Crippen molar-refractivity contribution in [1.82, 2.24) is 14.6 Å². The van der Waals surface area contributed by atoms with Crippen molar-refractivity contribution in [2.75, 3.05) is 11.9 Å². The molecule has 1 aliphatic heterocycles. The average molecular weight is 517 g/mol. The predicted molar refractivity (Wildman–Crippen MR) is 129 cm³/mol. The normalized spacial score (nSPS) is 24.2. The lowest BCUT2D eigenvalue weighted by Crippen LogP contribution is -2.43. The van der Waals surface area contributed by atoms with Crippen LogP contribution in [-0.4, -0.2) is 68.5 Å². The van der Waals surface area contributed by atoms with Gasteiger partial charge in [-0.1, -0.05) is 34.6 Å². The van der Waals surface area contributed by atoms with Crippen LogP contribution in [-0.2, 0) is 34.2 Å². The highest BCUT2D eigenvalue weighted by Crippen LogP contribution is 2.42. The van der Waals surface area contributed by atoms with Gasteiger partial charge in [-0.05, 0) is 18.1 Å². The fraction of sp³-hybridized carbons (Fsp3) is 0.583. The molecule has 5 atom stereocenters. The van der Waals surface area contributed by atoms with Gasteiger partial charge in [0.2, 0.25) is 11.5 Å². The molecule has 13 heteroatoms. The zero-order valence-corrected chi connectivity index (χ0v) is 21.4. The number of nitriles is 1.